The molecule has 1 aliphatic carbocycles. The second-order valence-corrected chi connectivity index (χ2v) is 10.8. The average molecular weight is 515 g/mol. The van der Waals surface area contributed by atoms with E-state index in [0.717, 1.165) is 43.3 Å². The molecular weight excluding hydrogens is 480 g/mol. The molecule has 1 heterocycles. The number of imidazole rings is 1. The molecule has 0 bridgehead atoms. The van der Waals surface area contributed by atoms with E-state index in [1.54, 1.807) is 44.2 Å². The van der Waals surface area contributed by atoms with Gasteiger partial charge in [-0.3, -0.25) is 10.8 Å². The van der Waals surface area contributed by atoms with Gasteiger partial charge in [0.2, 0.25) is 5.90 Å². The summed E-state index contributed by atoms with van der Waals surface area (Å²) in [6.45, 7) is 4.82. The maximum Gasteiger partial charge on any atom is 0.407 e. The van der Waals surface area contributed by atoms with Gasteiger partial charge in [-0.2, -0.15) is 5.26 Å². The topological polar surface area (TPSA) is 139 Å². The number of nitrogens with zero attached hydrogens (tertiary/aromatic N) is 4. The molecule has 2 aromatic carbocycles. The van der Waals surface area contributed by atoms with Crippen molar-refractivity contribution in [2.45, 2.75) is 46.1 Å². The van der Waals surface area contributed by atoms with Crippen LogP contribution in [0.3, 0.4) is 0 Å². The molecule has 0 aliphatic heterocycles. The van der Waals surface area contributed by atoms with E-state index in [-0.39, 0.29) is 24.3 Å². The van der Waals surface area contributed by atoms with Gasteiger partial charge < -0.3 is 19.3 Å². The normalized spacial score (nSPS) is 17.5. The first-order valence-corrected chi connectivity index (χ1v) is 12.9. The number of carbonyl (C=O) groups is 1. The zero-order valence-electron chi connectivity index (χ0n) is 21.9. The molecule has 38 heavy (non-hydrogen) atoms. The largest absolute Gasteiger partial charge is 0.465 e. The van der Waals surface area contributed by atoms with E-state index in [1.165, 1.54) is 4.90 Å². The number of hydrogen-bond donors (Lipinski definition) is 3. The van der Waals surface area contributed by atoms with E-state index < -0.39 is 11.5 Å². The standard InChI is InChI=1S/C29H34N6O3/c1-29(2,27(32)38-26(31)23-9-4-3-5-10-23)18-34(28(36)37)16-21-7-6-8-22(13-21)17-35-19-33-24-12-11-20(15-30)14-25(24)35/h3-5,9-12,14,19,21-22,31-32H,6-8,13,16-18H2,1-2H3,(H,36,37). The summed E-state index contributed by atoms with van der Waals surface area (Å²) in [6, 6.07) is 16.6. The lowest BCUT2D eigenvalue weighted by Gasteiger charge is -2.36. The van der Waals surface area contributed by atoms with Crippen LogP contribution < -0.4 is 0 Å². The number of nitrogens with one attached hydrogen (secondary N) is 2. The minimum Gasteiger partial charge on any atom is -0.465 e. The number of ether oxygens (including phenoxy) is 1. The minimum absolute atomic E-state index is 0.105. The zero-order chi connectivity index (χ0) is 27.3. The number of aromatic nitrogens is 2. The van der Waals surface area contributed by atoms with Crippen LogP contribution in [0.15, 0.2) is 54.9 Å². The average Bonchev–Trinajstić information content (AvgIpc) is 3.30. The van der Waals surface area contributed by atoms with Gasteiger partial charge in [0.1, 0.15) is 0 Å². The maximum atomic E-state index is 12.2. The van der Waals surface area contributed by atoms with E-state index in [2.05, 4.69) is 15.6 Å². The predicted molar refractivity (Wildman–Crippen MR) is 145 cm³/mol. The summed E-state index contributed by atoms with van der Waals surface area (Å²) in [6.07, 6.45) is 4.74. The molecule has 1 saturated carbocycles. The summed E-state index contributed by atoms with van der Waals surface area (Å²) in [5.41, 5.74) is 2.07. The fourth-order valence-corrected chi connectivity index (χ4v) is 5.24. The Kier molecular flexibility index (Phi) is 8.10. The Bertz CT molecular complexity index is 1360. The molecule has 9 nitrogen and oxygen atoms in total. The molecule has 4 rings (SSSR count). The van der Waals surface area contributed by atoms with Gasteiger partial charge in [-0.15, -0.1) is 0 Å². The van der Waals surface area contributed by atoms with E-state index in [1.807, 2.05) is 24.5 Å². The van der Waals surface area contributed by atoms with Gasteiger partial charge in [-0.1, -0.05) is 24.6 Å². The first-order valence-electron chi connectivity index (χ1n) is 12.9. The fraction of sp³-hybridized carbons (Fsp3) is 0.414. The number of rotatable bonds is 8. The van der Waals surface area contributed by atoms with Crippen LogP contribution >= 0.6 is 0 Å². The van der Waals surface area contributed by atoms with Crippen LogP contribution in [-0.4, -0.2) is 50.5 Å². The summed E-state index contributed by atoms with van der Waals surface area (Å²) >= 11 is 0. The van der Waals surface area contributed by atoms with Gasteiger partial charge in [-0.05, 0) is 75.3 Å². The Hall–Kier alpha value is -4.19. The van der Waals surface area contributed by atoms with Crippen molar-refractivity contribution in [3.05, 3.63) is 66.0 Å². The Morgan fingerprint density at radius 1 is 1.21 bits per heavy atom. The van der Waals surface area contributed by atoms with Crippen molar-refractivity contribution in [3.63, 3.8) is 0 Å². The van der Waals surface area contributed by atoms with Gasteiger partial charge >= 0.3 is 6.09 Å². The monoisotopic (exact) mass is 514 g/mol. The first-order chi connectivity index (χ1) is 18.2. The van der Waals surface area contributed by atoms with Crippen molar-refractivity contribution in [2.75, 3.05) is 13.1 Å². The van der Waals surface area contributed by atoms with Crippen LogP contribution in [0.1, 0.15) is 50.7 Å². The van der Waals surface area contributed by atoms with Crippen molar-refractivity contribution in [1.82, 2.24) is 14.5 Å². The molecular formula is C29H34N6O3. The van der Waals surface area contributed by atoms with Crippen LogP contribution in [0.4, 0.5) is 4.79 Å². The summed E-state index contributed by atoms with van der Waals surface area (Å²) in [7, 11) is 0. The minimum atomic E-state index is -1.02. The third-order valence-corrected chi connectivity index (χ3v) is 7.29. The van der Waals surface area contributed by atoms with Gasteiger partial charge in [-0.25, -0.2) is 9.78 Å². The van der Waals surface area contributed by atoms with Crippen LogP contribution in [0.25, 0.3) is 11.0 Å². The lowest BCUT2D eigenvalue weighted by molar-refractivity contribution is 0.109. The molecule has 2 unspecified atom stereocenters. The first kappa shape index (κ1) is 26.9. The molecule has 198 valence electrons. The highest BCUT2D eigenvalue weighted by atomic mass is 16.5. The fourth-order valence-electron chi connectivity index (χ4n) is 5.24. The summed E-state index contributed by atoms with van der Waals surface area (Å²) in [5, 5.41) is 35.9. The Labute approximate surface area is 222 Å². The molecule has 0 spiro atoms. The van der Waals surface area contributed by atoms with Gasteiger partial charge in [0, 0.05) is 25.2 Å². The van der Waals surface area contributed by atoms with E-state index in [4.69, 9.17) is 15.6 Å². The number of hydrogen-bond acceptors (Lipinski definition) is 6. The van der Waals surface area contributed by atoms with Crippen LogP contribution in [0.2, 0.25) is 0 Å². The molecule has 1 aromatic heterocycles. The lowest BCUT2D eigenvalue weighted by atomic mass is 9.80. The number of nitriles is 1. The number of amides is 1. The Morgan fingerprint density at radius 2 is 1.95 bits per heavy atom. The quantitative estimate of drug-likeness (QED) is 0.260. The molecule has 1 amide bonds. The van der Waals surface area contributed by atoms with Crippen molar-refractivity contribution in [3.8, 4) is 6.07 Å². The van der Waals surface area contributed by atoms with Crippen molar-refractivity contribution >= 4 is 28.9 Å². The molecule has 2 atom stereocenters. The SMILES string of the molecule is CC(C)(CN(CC1CCCC(Cn2cnc3ccc(C#N)cc32)C1)C(=O)O)C(=N)OC(=N)c1ccccc1. The summed E-state index contributed by atoms with van der Waals surface area (Å²) in [5.74, 6) is 0.328. The van der Waals surface area contributed by atoms with Crippen LogP contribution in [-0.2, 0) is 11.3 Å². The van der Waals surface area contributed by atoms with Crippen molar-refractivity contribution in [2.24, 2.45) is 17.3 Å². The predicted octanol–water partition coefficient (Wildman–Crippen LogP) is 5.74. The number of fused-ring (bicyclic) bond motifs is 1. The highest BCUT2D eigenvalue weighted by Crippen LogP contribution is 2.32. The van der Waals surface area contributed by atoms with E-state index in [9.17, 15) is 15.2 Å². The van der Waals surface area contributed by atoms with Gasteiger partial charge in [0.15, 0.2) is 5.90 Å². The van der Waals surface area contributed by atoms with Crippen LogP contribution in [0.5, 0.6) is 0 Å². The molecule has 9 heteroatoms. The second-order valence-electron chi connectivity index (χ2n) is 10.8. The molecule has 0 radical (unpaired) electrons. The third-order valence-electron chi connectivity index (χ3n) is 7.29. The molecule has 0 saturated heterocycles. The summed E-state index contributed by atoms with van der Waals surface area (Å²) < 4.78 is 7.62. The van der Waals surface area contributed by atoms with E-state index >= 15 is 0 Å². The lowest BCUT2D eigenvalue weighted by Crippen LogP contribution is -2.45. The second kappa shape index (κ2) is 11.5. The third kappa shape index (κ3) is 6.38. The number of carboxylic acid groups (broad SMARTS) is 1. The van der Waals surface area contributed by atoms with Crippen molar-refractivity contribution < 1.29 is 14.6 Å². The van der Waals surface area contributed by atoms with Gasteiger partial charge in [0.05, 0.1) is 34.4 Å². The summed E-state index contributed by atoms with van der Waals surface area (Å²) in [4.78, 5) is 18.1. The number of benzene rings is 2. The van der Waals surface area contributed by atoms with Crippen molar-refractivity contribution in [1.29, 1.82) is 16.1 Å². The molecule has 3 aromatic rings. The van der Waals surface area contributed by atoms with Crippen LogP contribution in [0, 0.1) is 39.4 Å². The van der Waals surface area contributed by atoms with Gasteiger partial charge in [0.25, 0.3) is 0 Å². The zero-order valence-corrected chi connectivity index (χ0v) is 21.9. The Morgan fingerprint density at radius 3 is 2.66 bits per heavy atom. The smallest absolute Gasteiger partial charge is 0.407 e. The molecule has 3 N–H and O–H groups in total. The maximum absolute atomic E-state index is 12.2. The Balaban J connectivity index is 1.37. The highest BCUT2D eigenvalue weighted by Gasteiger charge is 2.34. The highest BCUT2D eigenvalue weighted by molar-refractivity contribution is 6.00. The van der Waals surface area contributed by atoms with E-state index in [0.29, 0.717) is 23.6 Å². The molecule has 1 fully saturated rings. The molecule has 1 aliphatic rings.